The van der Waals surface area contributed by atoms with E-state index in [1.807, 2.05) is 0 Å². The van der Waals surface area contributed by atoms with Crippen LogP contribution < -0.4 is 5.32 Å². The second kappa shape index (κ2) is 6.55. The minimum absolute atomic E-state index is 0.230. The zero-order valence-corrected chi connectivity index (χ0v) is 12.0. The molecule has 1 amide bonds. The van der Waals surface area contributed by atoms with Crippen LogP contribution in [0, 0.1) is 5.92 Å². The van der Waals surface area contributed by atoms with E-state index in [9.17, 15) is 4.79 Å². The molecule has 3 unspecified atom stereocenters. The molecule has 0 aromatic heterocycles. The predicted octanol–water partition coefficient (Wildman–Crippen LogP) is 2.56. The van der Waals surface area contributed by atoms with E-state index < -0.39 is 0 Å². The Kier molecular flexibility index (Phi) is 5.04. The highest BCUT2D eigenvalue weighted by atomic mass is 16.2. The van der Waals surface area contributed by atoms with Crippen LogP contribution in [0.3, 0.4) is 0 Å². The lowest BCUT2D eigenvalue weighted by Gasteiger charge is -2.35. The third kappa shape index (κ3) is 3.25. The van der Waals surface area contributed by atoms with Crippen LogP contribution >= 0.6 is 0 Å². The van der Waals surface area contributed by atoms with Gasteiger partial charge in [0.25, 0.3) is 0 Å². The molecule has 0 aromatic rings. The van der Waals surface area contributed by atoms with E-state index in [0.717, 1.165) is 32.4 Å². The molecule has 2 saturated heterocycles. The smallest absolute Gasteiger partial charge is 0.227 e. The Morgan fingerprint density at radius 3 is 2.72 bits per heavy atom. The molecule has 3 heteroatoms. The summed E-state index contributed by atoms with van der Waals surface area (Å²) in [5.41, 5.74) is 0. The predicted molar refractivity (Wildman–Crippen MR) is 74.4 cm³/mol. The first-order valence-electron chi connectivity index (χ1n) is 7.76. The summed E-state index contributed by atoms with van der Waals surface area (Å²) in [5, 5.41) is 3.45. The largest absolute Gasteiger partial charge is 0.339 e. The van der Waals surface area contributed by atoms with Crippen LogP contribution in [0.1, 0.15) is 58.8 Å². The first kappa shape index (κ1) is 13.9. The van der Waals surface area contributed by atoms with Gasteiger partial charge in [0.15, 0.2) is 0 Å². The van der Waals surface area contributed by atoms with E-state index in [1.165, 1.54) is 25.7 Å². The number of hydrogen-bond donors (Lipinski definition) is 1. The highest BCUT2D eigenvalue weighted by Gasteiger charge is 2.31. The maximum absolute atomic E-state index is 12.7. The van der Waals surface area contributed by atoms with Crippen LogP contribution in [-0.2, 0) is 4.79 Å². The van der Waals surface area contributed by atoms with Crippen LogP contribution in [0.15, 0.2) is 0 Å². The summed E-state index contributed by atoms with van der Waals surface area (Å²) >= 11 is 0. The fraction of sp³-hybridized carbons (Fsp3) is 0.933. The number of piperidine rings is 1. The fourth-order valence-electron chi connectivity index (χ4n) is 3.34. The molecule has 2 aliphatic rings. The van der Waals surface area contributed by atoms with Gasteiger partial charge in [-0.2, -0.15) is 0 Å². The summed E-state index contributed by atoms with van der Waals surface area (Å²) in [6.45, 7) is 6.30. The van der Waals surface area contributed by atoms with Gasteiger partial charge in [0.2, 0.25) is 5.91 Å². The van der Waals surface area contributed by atoms with Crippen LogP contribution in [0.5, 0.6) is 0 Å². The monoisotopic (exact) mass is 252 g/mol. The molecule has 0 aromatic carbocycles. The highest BCUT2D eigenvalue weighted by Crippen LogP contribution is 2.24. The van der Waals surface area contributed by atoms with Gasteiger partial charge in [-0.3, -0.25) is 4.79 Å². The number of carbonyl (C=O) groups is 1. The van der Waals surface area contributed by atoms with Crippen molar-refractivity contribution in [3.05, 3.63) is 0 Å². The molecule has 2 rings (SSSR count). The second-order valence-corrected chi connectivity index (χ2v) is 6.03. The van der Waals surface area contributed by atoms with E-state index in [-0.39, 0.29) is 5.92 Å². The number of nitrogens with zero attached hydrogens (tertiary/aromatic N) is 1. The molecule has 0 spiro atoms. The second-order valence-electron chi connectivity index (χ2n) is 6.03. The summed E-state index contributed by atoms with van der Waals surface area (Å²) in [5.74, 6) is 0.650. The van der Waals surface area contributed by atoms with E-state index in [4.69, 9.17) is 0 Å². The maximum atomic E-state index is 12.7. The van der Waals surface area contributed by atoms with Gasteiger partial charge in [0.05, 0.1) is 5.92 Å². The molecule has 2 aliphatic heterocycles. The Balaban J connectivity index is 1.96. The van der Waals surface area contributed by atoms with E-state index >= 15 is 0 Å². The van der Waals surface area contributed by atoms with Crippen molar-refractivity contribution in [1.82, 2.24) is 10.2 Å². The molecular weight excluding hydrogens is 224 g/mol. The number of hydrogen-bond acceptors (Lipinski definition) is 2. The lowest BCUT2D eigenvalue weighted by Crippen LogP contribution is -2.48. The Morgan fingerprint density at radius 2 is 2.06 bits per heavy atom. The van der Waals surface area contributed by atoms with E-state index in [2.05, 4.69) is 24.1 Å². The Morgan fingerprint density at radius 1 is 1.22 bits per heavy atom. The lowest BCUT2D eigenvalue weighted by molar-refractivity contribution is -0.138. The molecule has 0 bridgehead atoms. The zero-order chi connectivity index (χ0) is 13.0. The van der Waals surface area contributed by atoms with Crippen molar-refractivity contribution in [3.8, 4) is 0 Å². The normalized spacial score (nSPS) is 34.1. The van der Waals surface area contributed by atoms with E-state index in [0.29, 0.717) is 18.0 Å². The average Bonchev–Trinajstić information content (AvgIpc) is 2.63. The van der Waals surface area contributed by atoms with Crippen molar-refractivity contribution in [3.63, 3.8) is 0 Å². The zero-order valence-electron chi connectivity index (χ0n) is 12.0. The van der Waals surface area contributed by atoms with Crippen LogP contribution in [0.4, 0.5) is 0 Å². The molecule has 3 atom stereocenters. The van der Waals surface area contributed by atoms with Crippen molar-refractivity contribution in [1.29, 1.82) is 0 Å². The lowest BCUT2D eigenvalue weighted by atomic mass is 9.93. The van der Waals surface area contributed by atoms with Crippen LogP contribution in [0.25, 0.3) is 0 Å². The molecule has 0 radical (unpaired) electrons. The topological polar surface area (TPSA) is 32.3 Å². The van der Waals surface area contributed by atoms with Gasteiger partial charge in [-0.25, -0.2) is 0 Å². The molecule has 0 aliphatic carbocycles. The third-order valence-corrected chi connectivity index (χ3v) is 4.64. The summed E-state index contributed by atoms with van der Waals surface area (Å²) in [7, 11) is 0. The number of likely N-dealkylation sites (tertiary alicyclic amines) is 1. The maximum Gasteiger partial charge on any atom is 0.227 e. The van der Waals surface area contributed by atoms with Gasteiger partial charge in [0.1, 0.15) is 0 Å². The third-order valence-electron chi connectivity index (χ3n) is 4.64. The fourth-order valence-corrected chi connectivity index (χ4v) is 3.34. The summed E-state index contributed by atoms with van der Waals surface area (Å²) in [6.07, 6.45) is 8.31. The van der Waals surface area contributed by atoms with Gasteiger partial charge in [-0.15, -0.1) is 0 Å². The average molecular weight is 252 g/mol. The van der Waals surface area contributed by atoms with Crippen molar-refractivity contribution < 1.29 is 4.79 Å². The summed E-state index contributed by atoms with van der Waals surface area (Å²) < 4.78 is 0. The Labute approximate surface area is 111 Å². The van der Waals surface area contributed by atoms with Gasteiger partial charge in [0, 0.05) is 25.2 Å². The number of rotatable bonds is 2. The highest BCUT2D eigenvalue weighted by molar-refractivity contribution is 5.79. The molecule has 1 N–H and O–H groups in total. The summed E-state index contributed by atoms with van der Waals surface area (Å²) in [4.78, 5) is 14.9. The van der Waals surface area contributed by atoms with Gasteiger partial charge >= 0.3 is 0 Å². The first-order valence-corrected chi connectivity index (χ1v) is 7.76. The number of nitrogens with one attached hydrogen (secondary N) is 1. The SMILES string of the molecule is CCC1CCCCCN1C(=O)C1CCC(C)NC1. The van der Waals surface area contributed by atoms with Crippen LogP contribution in [-0.4, -0.2) is 36.0 Å². The minimum atomic E-state index is 0.230. The number of carbonyl (C=O) groups excluding carboxylic acids is 1. The van der Waals surface area contributed by atoms with Gasteiger partial charge in [-0.05, 0) is 39.0 Å². The molecular formula is C15H28N2O. The summed E-state index contributed by atoms with van der Waals surface area (Å²) in [6, 6.07) is 1.08. The van der Waals surface area contributed by atoms with Crippen molar-refractivity contribution in [2.45, 2.75) is 70.9 Å². The van der Waals surface area contributed by atoms with Crippen LogP contribution in [0.2, 0.25) is 0 Å². The van der Waals surface area contributed by atoms with Gasteiger partial charge < -0.3 is 10.2 Å². The van der Waals surface area contributed by atoms with Crippen molar-refractivity contribution >= 4 is 5.91 Å². The van der Waals surface area contributed by atoms with E-state index in [1.54, 1.807) is 0 Å². The van der Waals surface area contributed by atoms with Crippen molar-refractivity contribution in [2.24, 2.45) is 5.92 Å². The number of amides is 1. The Bertz CT molecular complexity index is 272. The molecule has 3 nitrogen and oxygen atoms in total. The molecule has 2 fully saturated rings. The molecule has 0 saturated carbocycles. The molecule has 18 heavy (non-hydrogen) atoms. The van der Waals surface area contributed by atoms with Crippen molar-refractivity contribution in [2.75, 3.05) is 13.1 Å². The van der Waals surface area contributed by atoms with Gasteiger partial charge in [-0.1, -0.05) is 19.8 Å². The quantitative estimate of drug-likeness (QED) is 0.819. The first-order chi connectivity index (χ1) is 8.72. The molecule has 2 heterocycles. The standard InChI is InChI=1S/C15H28N2O/c1-3-14-7-5-4-6-10-17(14)15(18)13-9-8-12(2)16-11-13/h12-14,16H,3-11H2,1-2H3. The molecule has 104 valence electrons. The minimum Gasteiger partial charge on any atom is -0.339 e. The Hall–Kier alpha value is -0.570.